The topological polar surface area (TPSA) is 60.0 Å². The number of imidazole rings is 1. The van der Waals surface area contributed by atoms with E-state index in [1.54, 1.807) is 0 Å². The summed E-state index contributed by atoms with van der Waals surface area (Å²) < 4.78 is 11.8. The van der Waals surface area contributed by atoms with Crippen molar-refractivity contribution >= 4 is 11.0 Å². The second kappa shape index (κ2) is 6.72. The van der Waals surface area contributed by atoms with Crippen molar-refractivity contribution in [3.05, 3.63) is 54.0 Å². The summed E-state index contributed by atoms with van der Waals surface area (Å²) in [6.45, 7) is 1.66. The number of hydrogen-bond donors (Lipinski definition) is 1. The third-order valence-electron chi connectivity index (χ3n) is 5.63. The Kier molecular flexibility index (Phi) is 4.09. The molecule has 5 rings (SSSR count). The second-order valence-electron chi connectivity index (χ2n) is 7.33. The van der Waals surface area contributed by atoms with E-state index >= 15 is 0 Å². The number of hydrogen-bond acceptors (Lipinski definition) is 4. The van der Waals surface area contributed by atoms with Crippen LogP contribution in [-0.4, -0.2) is 34.3 Å². The van der Waals surface area contributed by atoms with E-state index < -0.39 is 0 Å². The number of rotatable bonds is 4. The molecule has 3 aromatic rings. The Morgan fingerprint density at radius 2 is 1.85 bits per heavy atom. The number of nitrogens with one attached hydrogen (secondary N) is 1. The summed E-state index contributed by atoms with van der Waals surface area (Å²) in [5.41, 5.74) is 3.39. The number of benzene rings is 1. The lowest BCUT2D eigenvalue weighted by atomic mass is 9.81. The molecule has 5 nitrogen and oxygen atoms in total. The fourth-order valence-electron chi connectivity index (χ4n) is 4.03. The number of ether oxygens (including phenoxy) is 2. The van der Waals surface area contributed by atoms with E-state index in [4.69, 9.17) is 14.5 Å². The Bertz CT molecular complexity index is 862. The van der Waals surface area contributed by atoms with E-state index in [-0.39, 0.29) is 6.10 Å². The van der Waals surface area contributed by atoms with Gasteiger partial charge >= 0.3 is 0 Å². The maximum atomic E-state index is 6.27. The summed E-state index contributed by atoms with van der Waals surface area (Å²) in [6.07, 6.45) is 6.13. The Hall–Kier alpha value is -2.40. The number of H-pyrrole nitrogens is 1. The first kappa shape index (κ1) is 15.8. The van der Waals surface area contributed by atoms with Gasteiger partial charge < -0.3 is 14.5 Å². The number of para-hydroxylation sites is 2. The minimum Gasteiger partial charge on any atom is -0.474 e. The molecule has 5 heteroatoms. The van der Waals surface area contributed by atoms with Crippen LogP contribution in [0.4, 0.5) is 0 Å². The van der Waals surface area contributed by atoms with Crippen molar-refractivity contribution in [2.24, 2.45) is 0 Å². The Morgan fingerprint density at radius 3 is 2.69 bits per heavy atom. The highest BCUT2D eigenvalue weighted by molar-refractivity contribution is 5.74. The van der Waals surface area contributed by atoms with Crippen LogP contribution in [0.15, 0.2) is 42.6 Å². The normalized spacial score (nSPS) is 23.7. The van der Waals surface area contributed by atoms with Gasteiger partial charge in [-0.3, -0.25) is 0 Å². The monoisotopic (exact) mass is 349 g/mol. The number of nitrogens with zero attached hydrogens (tertiary/aromatic N) is 2. The molecule has 0 spiro atoms. The van der Waals surface area contributed by atoms with Crippen LogP contribution in [0.1, 0.15) is 48.9 Å². The first-order chi connectivity index (χ1) is 12.9. The van der Waals surface area contributed by atoms with Crippen LogP contribution in [0.3, 0.4) is 0 Å². The standard InChI is InChI=1S/C21H23N3O2/c1-2-6-19-18(5-1)23-20(24-19)15-12-16(13-15)26-21-17(4-3-9-22-21)14-7-10-25-11-8-14/h1-6,9,14-16H,7-8,10-13H2,(H,23,24)/t15-,16+. The molecule has 0 bridgehead atoms. The molecule has 1 saturated heterocycles. The first-order valence-corrected chi connectivity index (χ1v) is 9.51. The quantitative estimate of drug-likeness (QED) is 0.768. The van der Waals surface area contributed by atoms with E-state index in [0.29, 0.717) is 11.8 Å². The third-order valence-corrected chi connectivity index (χ3v) is 5.63. The average molecular weight is 349 g/mol. The lowest BCUT2D eigenvalue weighted by molar-refractivity contribution is 0.0761. The zero-order valence-electron chi connectivity index (χ0n) is 14.7. The van der Waals surface area contributed by atoms with Gasteiger partial charge in [0.2, 0.25) is 5.88 Å². The molecule has 3 heterocycles. The van der Waals surface area contributed by atoms with Gasteiger partial charge in [0.15, 0.2) is 0 Å². The molecule has 1 N–H and O–H groups in total. The molecular formula is C21H23N3O2. The van der Waals surface area contributed by atoms with Gasteiger partial charge in [0.05, 0.1) is 11.0 Å². The van der Waals surface area contributed by atoms with Gasteiger partial charge in [-0.15, -0.1) is 0 Å². The second-order valence-corrected chi connectivity index (χ2v) is 7.33. The SMILES string of the molecule is c1cnc(O[C@H]2C[C@@H](c3nc4ccccc4[nH]3)C2)c(C2CCOCC2)c1. The molecule has 1 aliphatic carbocycles. The van der Waals surface area contributed by atoms with Crippen molar-refractivity contribution < 1.29 is 9.47 Å². The molecule has 2 fully saturated rings. The van der Waals surface area contributed by atoms with Crippen LogP contribution in [0.5, 0.6) is 5.88 Å². The van der Waals surface area contributed by atoms with Gasteiger partial charge in [0.1, 0.15) is 11.9 Å². The summed E-state index contributed by atoms with van der Waals surface area (Å²) in [6, 6.07) is 12.4. The summed E-state index contributed by atoms with van der Waals surface area (Å²) in [5, 5.41) is 0. The van der Waals surface area contributed by atoms with Crippen molar-refractivity contribution in [3.63, 3.8) is 0 Å². The number of fused-ring (bicyclic) bond motifs is 1. The molecule has 0 unspecified atom stereocenters. The van der Waals surface area contributed by atoms with Crippen LogP contribution >= 0.6 is 0 Å². The van der Waals surface area contributed by atoms with E-state index in [1.165, 1.54) is 5.56 Å². The third kappa shape index (κ3) is 2.97. The zero-order chi connectivity index (χ0) is 17.3. The Morgan fingerprint density at radius 1 is 1.00 bits per heavy atom. The molecular weight excluding hydrogens is 326 g/mol. The lowest BCUT2D eigenvalue weighted by Gasteiger charge is -2.34. The molecule has 0 radical (unpaired) electrons. The summed E-state index contributed by atoms with van der Waals surface area (Å²) in [5.74, 6) is 2.84. The molecule has 0 atom stereocenters. The highest BCUT2D eigenvalue weighted by Crippen LogP contribution is 2.40. The Balaban J connectivity index is 1.26. The number of aromatic amines is 1. The largest absolute Gasteiger partial charge is 0.474 e. The van der Waals surface area contributed by atoms with Crippen LogP contribution in [0.2, 0.25) is 0 Å². The predicted molar refractivity (Wildman–Crippen MR) is 99.5 cm³/mol. The minimum atomic E-state index is 0.224. The molecule has 2 aliphatic rings. The fraction of sp³-hybridized carbons (Fsp3) is 0.429. The summed E-state index contributed by atoms with van der Waals surface area (Å²) >= 11 is 0. The number of aromatic nitrogens is 3. The number of pyridine rings is 1. The molecule has 26 heavy (non-hydrogen) atoms. The van der Waals surface area contributed by atoms with Crippen LogP contribution in [0, 0.1) is 0 Å². The maximum absolute atomic E-state index is 6.27. The van der Waals surface area contributed by atoms with Crippen molar-refractivity contribution in [2.75, 3.05) is 13.2 Å². The van der Waals surface area contributed by atoms with Gasteiger partial charge in [-0.2, -0.15) is 0 Å². The molecule has 1 saturated carbocycles. The van der Waals surface area contributed by atoms with E-state index in [1.807, 2.05) is 24.4 Å². The smallest absolute Gasteiger partial charge is 0.217 e. The first-order valence-electron chi connectivity index (χ1n) is 9.51. The van der Waals surface area contributed by atoms with E-state index in [9.17, 15) is 0 Å². The van der Waals surface area contributed by atoms with Crippen molar-refractivity contribution in [1.82, 2.24) is 15.0 Å². The highest BCUT2D eigenvalue weighted by Gasteiger charge is 2.35. The summed E-state index contributed by atoms with van der Waals surface area (Å²) in [7, 11) is 0. The molecule has 2 aromatic heterocycles. The van der Waals surface area contributed by atoms with Gasteiger partial charge in [-0.1, -0.05) is 18.2 Å². The van der Waals surface area contributed by atoms with Crippen LogP contribution in [-0.2, 0) is 4.74 Å². The van der Waals surface area contributed by atoms with Crippen molar-refractivity contribution in [1.29, 1.82) is 0 Å². The van der Waals surface area contributed by atoms with Gasteiger partial charge in [0.25, 0.3) is 0 Å². The fourth-order valence-corrected chi connectivity index (χ4v) is 4.03. The molecule has 1 aliphatic heterocycles. The lowest BCUT2D eigenvalue weighted by Crippen LogP contribution is -2.33. The van der Waals surface area contributed by atoms with Crippen LogP contribution in [0.25, 0.3) is 11.0 Å². The van der Waals surface area contributed by atoms with Crippen LogP contribution < -0.4 is 4.74 Å². The van der Waals surface area contributed by atoms with E-state index in [0.717, 1.165) is 61.6 Å². The Labute approximate surface area is 152 Å². The molecule has 0 amide bonds. The van der Waals surface area contributed by atoms with E-state index in [2.05, 4.69) is 28.2 Å². The van der Waals surface area contributed by atoms with Crippen molar-refractivity contribution in [3.8, 4) is 5.88 Å². The highest BCUT2D eigenvalue weighted by atomic mass is 16.5. The van der Waals surface area contributed by atoms with Gasteiger partial charge in [0, 0.05) is 30.9 Å². The molecule has 134 valence electrons. The summed E-state index contributed by atoms with van der Waals surface area (Å²) in [4.78, 5) is 12.7. The zero-order valence-corrected chi connectivity index (χ0v) is 14.7. The minimum absolute atomic E-state index is 0.224. The average Bonchev–Trinajstić information content (AvgIpc) is 3.09. The van der Waals surface area contributed by atoms with Crippen molar-refractivity contribution in [2.45, 2.75) is 43.6 Å². The van der Waals surface area contributed by atoms with Gasteiger partial charge in [-0.25, -0.2) is 9.97 Å². The predicted octanol–water partition coefficient (Wildman–Crippen LogP) is 4.18. The molecule has 1 aromatic carbocycles. The maximum Gasteiger partial charge on any atom is 0.217 e. The van der Waals surface area contributed by atoms with Gasteiger partial charge in [-0.05, 0) is 49.8 Å².